The molecule has 1 atom stereocenters. The van der Waals surface area contributed by atoms with Crippen LogP contribution in [0.15, 0.2) is 42.5 Å². The second-order valence-electron chi connectivity index (χ2n) is 5.68. The quantitative estimate of drug-likeness (QED) is 0.714. The predicted octanol–water partition coefficient (Wildman–Crippen LogP) is 2.87. The van der Waals surface area contributed by atoms with Gasteiger partial charge in [0, 0.05) is 16.6 Å². The fourth-order valence-electron chi connectivity index (χ4n) is 2.33. The molecule has 0 fully saturated rings. The summed E-state index contributed by atoms with van der Waals surface area (Å²) >= 11 is 0. The number of tetrazole rings is 1. The lowest BCUT2D eigenvalue weighted by atomic mass is 10.2. The molecule has 0 amide bonds. The Balaban J connectivity index is 1.79. The van der Waals surface area contributed by atoms with Crippen molar-refractivity contribution < 1.29 is 8.60 Å². The smallest absolute Gasteiger partial charge is 0.169 e. The Kier molecular flexibility index (Phi) is 4.80. The van der Waals surface area contributed by atoms with Crippen LogP contribution >= 0.6 is 0 Å². The molecule has 0 spiro atoms. The lowest BCUT2D eigenvalue weighted by Gasteiger charge is -2.07. The molecule has 5 nitrogen and oxygen atoms in total. The number of halogens is 1. The van der Waals surface area contributed by atoms with Crippen LogP contribution in [0.4, 0.5) is 4.39 Å². The summed E-state index contributed by atoms with van der Waals surface area (Å²) < 4.78 is 27.8. The van der Waals surface area contributed by atoms with E-state index < -0.39 is 16.6 Å². The van der Waals surface area contributed by atoms with E-state index in [4.69, 9.17) is 0 Å². The van der Waals surface area contributed by atoms with E-state index in [0.717, 1.165) is 16.7 Å². The van der Waals surface area contributed by atoms with Gasteiger partial charge in [0.2, 0.25) is 0 Å². The van der Waals surface area contributed by atoms with Crippen LogP contribution in [0.2, 0.25) is 0 Å². The molecule has 0 aliphatic carbocycles. The highest BCUT2D eigenvalue weighted by atomic mass is 32.2. The highest BCUT2D eigenvalue weighted by Crippen LogP contribution is 2.16. The number of hydrogen-bond donors (Lipinski definition) is 0. The zero-order valence-corrected chi connectivity index (χ0v) is 14.3. The molecule has 0 aliphatic rings. The molecule has 124 valence electrons. The Morgan fingerprint density at radius 1 is 1.04 bits per heavy atom. The van der Waals surface area contributed by atoms with E-state index in [1.165, 1.54) is 10.7 Å². The van der Waals surface area contributed by atoms with Crippen molar-refractivity contribution in [3.63, 3.8) is 0 Å². The van der Waals surface area contributed by atoms with Crippen LogP contribution in [0.25, 0.3) is 5.69 Å². The summed E-state index contributed by atoms with van der Waals surface area (Å²) in [6, 6.07) is 12.6. The molecule has 2 aromatic carbocycles. The molecular weight excluding hydrogens is 327 g/mol. The van der Waals surface area contributed by atoms with E-state index in [1.807, 2.05) is 38.1 Å². The molecule has 24 heavy (non-hydrogen) atoms. The fraction of sp³-hybridized carbons (Fsp3) is 0.235. The van der Waals surface area contributed by atoms with Crippen molar-refractivity contribution in [2.75, 3.05) is 0 Å². The molecule has 3 aromatic rings. The van der Waals surface area contributed by atoms with Gasteiger partial charge in [0.25, 0.3) is 0 Å². The topological polar surface area (TPSA) is 60.7 Å². The maximum Gasteiger partial charge on any atom is 0.169 e. The Morgan fingerprint density at radius 2 is 1.75 bits per heavy atom. The van der Waals surface area contributed by atoms with Gasteiger partial charge in [-0.05, 0) is 47.5 Å². The second kappa shape index (κ2) is 7.00. The number of rotatable bonds is 5. The van der Waals surface area contributed by atoms with Crippen molar-refractivity contribution in [2.24, 2.45) is 0 Å². The summed E-state index contributed by atoms with van der Waals surface area (Å²) in [6.45, 7) is 3.87. The molecule has 1 unspecified atom stereocenters. The molecule has 1 heterocycles. The molecule has 1 aromatic heterocycles. The van der Waals surface area contributed by atoms with Gasteiger partial charge >= 0.3 is 0 Å². The minimum absolute atomic E-state index is 0.161. The van der Waals surface area contributed by atoms with Gasteiger partial charge in [0.1, 0.15) is 11.5 Å². The first-order chi connectivity index (χ1) is 11.5. The number of nitrogens with zero attached hydrogens (tertiary/aromatic N) is 4. The van der Waals surface area contributed by atoms with E-state index in [0.29, 0.717) is 11.6 Å². The third-order valence-corrected chi connectivity index (χ3v) is 4.84. The molecule has 3 rings (SSSR count). The first kappa shape index (κ1) is 16.4. The van der Waals surface area contributed by atoms with Gasteiger partial charge in [-0.2, -0.15) is 4.68 Å². The van der Waals surface area contributed by atoms with Gasteiger partial charge in [-0.1, -0.05) is 35.9 Å². The van der Waals surface area contributed by atoms with E-state index in [-0.39, 0.29) is 11.4 Å². The Hall–Kier alpha value is -2.41. The average molecular weight is 344 g/mol. The van der Waals surface area contributed by atoms with Crippen molar-refractivity contribution in [3.8, 4) is 5.69 Å². The average Bonchev–Trinajstić information content (AvgIpc) is 3.00. The van der Waals surface area contributed by atoms with E-state index in [2.05, 4.69) is 15.5 Å². The van der Waals surface area contributed by atoms with Gasteiger partial charge in [0.05, 0.1) is 5.75 Å². The van der Waals surface area contributed by atoms with Gasteiger partial charge in [-0.3, -0.25) is 4.21 Å². The van der Waals surface area contributed by atoms with Gasteiger partial charge in [-0.25, -0.2) is 4.39 Å². The number of aryl methyl sites for hydroxylation is 2. The van der Waals surface area contributed by atoms with Crippen LogP contribution in [-0.2, 0) is 22.3 Å². The van der Waals surface area contributed by atoms with Crippen LogP contribution < -0.4 is 0 Å². The third-order valence-electron chi connectivity index (χ3n) is 3.60. The van der Waals surface area contributed by atoms with Crippen LogP contribution in [0.5, 0.6) is 0 Å². The highest BCUT2D eigenvalue weighted by Gasteiger charge is 2.15. The van der Waals surface area contributed by atoms with Crippen molar-refractivity contribution in [1.29, 1.82) is 0 Å². The standard InChI is InChI=1S/C17H17FN4OS/c1-12-3-6-14(7-4-12)10-24(23)11-17-19-20-21-22(17)16-9-13(2)5-8-15(16)18/h3-9H,10-11H2,1-2H3. The summed E-state index contributed by atoms with van der Waals surface area (Å²) in [7, 11) is -1.19. The number of benzene rings is 2. The Bertz CT molecular complexity index is 877. The zero-order chi connectivity index (χ0) is 17.1. The van der Waals surface area contributed by atoms with Gasteiger partial charge < -0.3 is 0 Å². The summed E-state index contributed by atoms with van der Waals surface area (Å²) in [5.41, 5.74) is 3.30. The predicted molar refractivity (Wildman–Crippen MR) is 90.6 cm³/mol. The van der Waals surface area contributed by atoms with Crippen LogP contribution in [-0.4, -0.2) is 24.4 Å². The molecule has 7 heteroatoms. The second-order valence-corrected chi connectivity index (χ2v) is 7.13. The van der Waals surface area contributed by atoms with Crippen molar-refractivity contribution >= 4 is 10.8 Å². The monoisotopic (exact) mass is 344 g/mol. The maximum absolute atomic E-state index is 14.0. The van der Waals surface area contributed by atoms with E-state index in [9.17, 15) is 8.60 Å². The van der Waals surface area contributed by atoms with Crippen LogP contribution in [0, 0.1) is 19.7 Å². The zero-order valence-electron chi connectivity index (χ0n) is 13.4. The Labute approximate surface area is 142 Å². The Morgan fingerprint density at radius 3 is 2.50 bits per heavy atom. The van der Waals surface area contributed by atoms with Gasteiger partial charge in [0.15, 0.2) is 5.82 Å². The largest absolute Gasteiger partial charge is 0.259 e. The molecule has 0 saturated carbocycles. The molecule has 0 aliphatic heterocycles. The first-order valence-corrected chi connectivity index (χ1v) is 8.96. The SMILES string of the molecule is Cc1ccc(CS(=O)Cc2nnnn2-c2cc(C)ccc2F)cc1. The molecular formula is C17H17FN4OS. The summed E-state index contributed by atoms with van der Waals surface area (Å²) in [6.07, 6.45) is 0. The summed E-state index contributed by atoms with van der Waals surface area (Å²) in [4.78, 5) is 0. The lowest BCUT2D eigenvalue weighted by molar-refractivity contribution is 0.603. The lowest BCUT2D eigenvalue weighted by Crippen LogP contribution is -2.09. The molecule has 0 radical (unpaired) electrons. The molecule has 0 N–H and O–H groups in total. The van der Waals surface area contributed by atoms with Crippen molar-refractivity contribution in [1.82, 2.24) is 20.2 Å². The maximum atomic E-state index is 14.0. The van der Waals surface area contributed by atoms with E-state index in [1.54, 1.807) is 12.1 Å². The third kappa shape index (κ3) is 3.73. The van der Waals surface area contributed by atoms with Gasteiger partial charge in [-0.15, -0.1) is 5.10 Å². The minimum atomic E-state index is -1.19. The van der Waals surface area contributed by atoms with Crippen molar-refractivity contribution in [3.05, 3.63) is 70.8 Å². The highest BCUT2D eigenvalue weighted by molar-refractivity contribution is 7.83. The van der Waals surface area contributed by atoms with E-state index >= 15 is 0 Å². The minimum Gasteiger partial charge on any atom is -0.259 e. The first-order valence-electron chi connectivity index (χ1n) is 7.47. The van der Waals surface area contributed by atoms with Crippen LogP contribution in [0.1, 0.15) is 22.5 Å². The molecule has 0 saturated heterocycles. The fourth-order valence-corrected chi connectivity index (χ4v) is 3.47. The van der Waals surface area contributed by atoms with Crippen molar-refractivity contribution in [2.45, 2.75) is 25.4 Å². The summed E-state index contributed by atoms with van der Waals surface area (Å²) in [5.74, 6) is 0.529. The number of aromatic nitrogens is 4. The van der Waals surface area contributed by atoms with Crippen LogP contribution in [0.3, 0.4) is 0 Å². The summed E-state index contributed by atoms with van der Waals surface area (Å²) in [5, 5.41) is 11.3. The normalized spacial score (nSPS) is 12.3. The molecule has 0 bridgehead atoms. The number of hydrogen-bond acceptors (Lipinski definition) is 4.